The molecule has 0 aliphatic heterocycles. The Morgan fingerprint density at radius 3 is 2.08 bits per heavy atom. The first-order valence-corrected chi connectivity index (χ1v) is 14.9. The van der Waals surface area contributed by atoms with Crippen molar-refractivity contribution in [3.05, 3.63) is 63.6 Å². The lowest BCUT2D eigenvalue weighted by Gasteiger charge is -2.32. The summed E-state index contributed by atoms with van der Waals surface area (Å²) in [5, 5.41) is 3.54. The van der Waals surface area contributed by atoms with Gasteiger partial charge in [-0.15, -0.1) is 0 Å². The summed E-state index contributed by atoms with van der Waals surface area (Å²) in [4.78, 5) is 27.9. The average Bonchev–Trinajstić information content (AvgIpc) is 2.80. The Labute approximate surface area is 231 Å². The molecule has 204 valence electrons. The molecule has 2 rings (SSSR count). The number of rotatable bonds is 11. The highest BCUT2D eigenvalue weighted by Crippen LogP contribution is 2.28. The van der Waals surface area contributed by atoms with Crippen molar-refractivity contribution in [1.29, 1.82) is 0 Å². The van der Waals surface area contributed by atoms with Crippen LogP contribution in [-0.2, 0) is 31.6 Å². The summed E-state index contributed by atoms with van der Waals surface area (Å²) in [6, 6.07) is 11.2. The van der Waals surface area contributed by atoms with Gasteiger partial charge in [-0.3, -0.25) is 13.9 Å². The zero-order valence-corrected chi connectivity index (χ0v) is 24.7. The Hall–Kier alpha value is -2.29. The van der Waals surface area contributed by atoms with E-state index in [0.717, 1.165) is 29.0 Å². The normalized spacial score (nSPS) is 12.6. The maximum absolute atomic E-state index is 13.7. The summed E-state index contributed by atoms with van der Waals surface area (Å²) >= 11 is 12.7. The molecule has 0 fully saturated rings. The molecule has 2 aromatic carbocycles. The smallest absolute Gasteiger partial charge is 0.244 e. The number of hydrogen-bond donors (Lipinski definition) is 1. The lowest BCUT2D eigenvalue weighted by molar-refractivity contribution is -0.139. The van der Waals surface area contributed by atoms with Gasteiger partial charge in [0.2, 0.25) is 21.8 Å². The van der Waals surface area contributed by atoms with E-state index in [1.807, 2.05) is 19.1 Å². The minimum Gasteiger partial charge on any atom is -0.354 e. The maximum atomic E-state index is 13.7. The number of anilines is 1. The van der Waals surface area contributed by atoms with Crippen molar-refractivity contribution >= 4 is 50.7 Å². The zero-order chi connectivity index (χ0) is 28.0. The fraction of sp³-hybridized carbons (Fsp3) is 0.481. The largest absolute Gasteiger partial charge is 0.354 e. The number of unbranched alkanes of at least 4 members (excludes halogenated alkanes) is 1. The second kappa shape index (κ2) is 13.0. The molecule has 0 heterocycles. The standard InChI is InChI=1S/C27H37Cl2N3O4S/c1-7-8-16-30-26(34)19(2)31(17-22-23(28)10-9-11-24(22)29)25(33)18-32(37(6,35)36)21-14-12-20(13-15-21)27(3,4)5/h9-15,19H,7-8,16-18H2,1-6H3,(H,30,34)/t19-/m0/s1. The van der Waals surface area contributed by atoms with Crippen molar-refractivity contribution in [3.63, 3.8) is 0 Å². The molecule has 0 unspecified atom stereocenters. The van der Waals surface area contributed by atoms with E-state index in [1.165, 1.54) is 4.90 Å². The van der Waals surface area contributed by atoms with E-state index in [0.29, 0.717) is 27.8 Å². The van der Waals surface area contributed by atoms with E-state index in [2.05, 4.69) is 26.1 Å². The molecule has 0 spiro atoms. The molecule has 1 atom stereocenters. The van der Waals surface area contributed by atoms with E-state index in [4.69, 9.17) is 23.2 Å². The number of hydrogen-bond acceptors (Lipinski definition) is 4. The van der Waals surface area contributed by atoms with Crippen LogP contribution in [0.3, 0.4) is 0 Å². The molecule has 0 saturated carbocycles. The van der Waals surface area contributed by atoms with Crippen molar-refractivity contribution in [2.75, 3.05) is 23.7 Å². The second-order valence-electron chi connectivity index (χ2n) is 10.1. The van der Waals surface area contributed by atoms with Crippen LogP contribution in [0, 0.1) is 0 Å². The van der Waals surface area contributed by atoms with E-state index in [1.54, 1.807) is 37.3 Å². The molecule has 2 amide bonds. The molecule has 0 saturated heterocycles. The number of benzene rings is 2. The highest BCUT2D eigenvalue weighted by Gasteiger charge is 2.31. The number of sulfonamides is 1. The van der Waals surface area contributed by atoms with Gasteiger partial charge < -0.3 is 10.2 Å². The SMILES string of the molecule is CCCCNC(=O)[C@H](C)N(Cc1c(Cl)cccc1Cl)C(=O)CN(c1ccc(C(C)(C)C)cc1)S(C)(=O)=O. The van der Waals surface area contributed by atoms with Crippen LogP contribution in [0.4, 0.5) is 5.69 Å². The minimum absolute atomic E-state index is 0.0553. The van der Waals surface area contributed by atoms with Gasteiger partial charge in [-0.2, -0.15) is 0 Å². The van der Waals surface area contributed by atoms with Gasteiger partial charge in [-0.25, -0.2) is 8.42 Å². The van der Waals surface area contributed by atoms with Gasteiger partial charge in [0.25, 0.3) is 0 Å². The van der Waals surface area contributed by atoms with Crippen LogP contribution in [0.5, 0.6) is 0 Å². The van der Waals surface area contributed by atoms with Crippen LogP contribution in [-0.4, -0.2) is 50.5 Å². The summed E-state index contributed by atoms with van der Waals surface area (Å²) in [6.45, 7) is 9.73. The van der Waals surface area contributed by atoms with Gasteiger partial charge in [0, 0.05) is 28.7 Å². The number of amides is 2. The van der Waals surface area contributed by atoms with E-state index >= 15 is 0 Å². The molecular formula is C27H37Cl2N3O4S. The Morgan fingerprint density at radius 2 is 1.59 bits per heavy atom. The Kier molecular flexibility index (Phi) is 10.9. The Bertz CT molecular complexity index is 1170. The molecule has 1 N–H and O–H groups in total. The molecule has 37 heavy (non-hydrogen) atoms. The third-order valence-corrected chi connectivity index (χ3v) is 7.94. The summed E-state index contributed by atoms with van der Waals surface area (Å²) in [5.74, 6) is -0.898. The van der Waals surface area contributed by atoms with Crippen molar-refractivity contribution in [2.45, 2.75) is 65.5 Å². The van der Waals surface area contributed by atoms with E-state index < -0.39 is 28.5 Å². The quantitative estimate of drug-likeness (QED) is 0.367. The van der Waals surface area contributed by atoms with Gasteiger partial charge in [0.15, 0.2) is 0 Å². The predicted octanol–water partition coefficient (Wildman–Crippen LogP) is 5.39. The topological polar surface area (TPSA) is 86.8 Å². The first kappa shape index (κ1) is 30.9. The van der Waals surface area contributed by atoms with Gasteiger partial charge in [-0.1, -0.05) is 75.5 Å². The van der Waals surface area contributed by atoms with Gasteiger partial charge in [0.1, 0.15) is 12.6 Å². The molecule has 2 aromatic rings. The van der Waals surface area contributed by atoms with Crippen LogP contribution in [0.1, 0.15) is 58.6 Å². The van der Waals surface area contributed by atoms with Crippen molar-refractivity contribution in [3.8, 4) is 0 Å². The third kappa shape index (κ3) is 8.62. The van der Waals surface area contributed by atoms with Crippen molar-refractivity contribution in [2.24, 2.45) is 0 Å². The average molecular weight is 571 g/mol. The van der Waals surface area contributed by atoms with E-state index in [9.17, 15) is 18.0 Å². The molecule has 0 radical (unpaired) electrons. The highest BCUT2D eigenvalue weighted by atomic mass is 35.5. The predicted molar refractivity (Wildman–Crippen MR) is 152 cm³/mol. The van der Waals surface area contributed by atoms with Crippen LogP contribution in [0.25, 0.3) is 0 Å². The molecule has 0 aliphatic carbocycles. The number of carbonyl (C=O) groups is 2. The summed E-state index contributed by atoms with van der Waals surface area (Å²) in [7, 11) is -3.81. The molecule has 0 aromatic heterocycles. The monoisotopic (exact) mass is 569 g/mol. The van der Waals surface area contributed by atoms with Crippen molar-refractivity contribution in [1.82, 2.24) is 10.2 Å². The number of nitrogens with one attached hydrogen (secondary N) is 1. The third-order valence-electron chi connectivity index (χ3n) is 6.09. The molecule has 7 nitrogen and oxygen atoms in total. The molecular weight excluding hydrogens is 533 g/mol. The Morgan fingerprint density at radius 1 is 1.03 bits per heavy atom. The van der Waals surface area contributed by atoms with Crippen molar-refractivity contribution < 1.29 is 18.0 Å². The number of nitrogens with zero attached hydrogens (tertiary/aromatic N) is 2. The highest BCUT2D eigenvalue weighted by molar-refractivity contribution is 7.92. The summed E-state index contributed by atoms with van der Waals surface area (Å²) < 4.78 is 26.5. The first-order valence-electron chi connectivity index (χ1n) is 12.2. The zero-order valence-electron chi connectivity index (χ0n) is 22.3. The minimum atomic E-state index is -3.81. The molecule has 10 heteroatoms. The van der Waals surface area contributed by atoms with Crippen LogP contribution in [0.15, 0.2) is 42.5 Å². The Balaban J connectivity index is 2.42. The lowest BCUT2D eigenvalue weighted by atomic mass is 9.87. The van der Waals surface area contributed by atoms with E-state index in [-0.39, 0.29) is 17.9 Å². The second-order valence-corrected chi connectivity index (χ2v) is 12.8. The van der Waals surface area contributed by atoms with Gasteiger partial charge in [-0.05, 0) is 48.6 Å². The summed E-state index contributed by atoms with van der Waals surface area (Å²) in [5.41, 5.74) is 1.76. The number of carbonyl (C=O) groups excluding carboxylic acids is 2. The fourth-order valence-electron chi connectivity index (χ4n) is 3.71. The molecule has 0 bridgehead atoms. The number of halogens is 2. The van der Waals surface area contributed by atoms with Crippen LogP contribution >= 0.6 is 23.2 Å². The fourth-order valence-corrected chi connectivity index (χ4v) is 5.08. The van der Waals surface area contributed by atoms with Crippen LogP contribution in [0.2, 0.25) is 10.0 Å². The molecule has 0 aliphatic rings. The van der Waals surface area contributed by atoms with Gasteiger partial charge >= 0.3 is 0 Å². The van der Waals surface area contributed by atoms with Crippen LogP contribution < -0.4 is 9.62 Å². The summed E-state index contributed by atoms with van der Waals surface area (Å²) in [6.07, 6.45) is 2.76. The maximum Gasteiger partial charge on any atom is 0.244 e. The van der Waals surface area contributed by atoms with Gasteiger partial charge in [0.05, 0.1) is 11.9 Å². The lowest BCUT2D eigenvalue weighted by Crippen LogP contribution is -2.51. The first-order chi connectivity index (χ1) is 17.2.